The van der Waals surface area contributed by atoms with Gasteiger partial charge in [0.2, 0.25) is 0 Å². The number of carbonyl (C=O) groups is 1. The van der Waals surface area contributed by atoms with Crippen LogP contribution in [0.1, 0.15) is 26.2 Å². The van der Waals surface area contributed by atoms with Gasteiger partial charge in [0.1, 0.15) is 30.1 Å². The highest BCUT2D eigenvalue weighted by molar-refractivity contribution is 5.75. The average Bonchev–Trinajstić information content (AvgIpc) is 2.69. The monoisotopic (exact) mass is 404 g/mol. The van der Waals surface area contributed by atoms with Crippen molar-refractivity contribution in [2.75, 3.05) is 6.61 Å². The maximum absolute atomic E-state index is 12.8. The summed E-state index contributed by atoms with van der Waals surface area (Å²) < 4.78 is 18.1. The molecule has 0 aliphatic rings. The molecule has 3 N–H and O–H groups in total. The Morgan fingerprint density at radius 1 is 1.00 bits per heavy atom. The van der Waals surface area contributed by atoms with Crippen LogP contribution in [0.3, 0.4) is 0 Å². The van der Waals surface area contributed by atoms with Crippen molar-refractivity contribution >= 4 is 5.78 Å². The van der Waals surface area contributed by atoms with Crippen LogP contribution in [0.15, 0.2) is 72.9 Å². The molecule has 3 atom stereocenters. The maximum atomic E-state index is 12.8. The second-order valence-electron chi connectivity index (χ2n) is 6.52. The van der Waals surface area contributed by atoms with Gasteiger partial charge in [-0.2, -0.15) is 0 Å². The van der Waals surface area contributed by atoms with E-state index in [1.165, 1.54) is 37.3 Å². The molecule has 0 saturated heterocycles. The van der Waals surface area contributed by atoms with E-state index in [9.17, 15) is 24.5 Å². The van der Waals surface area contributed by atoms with E-state index in [-0.39, 0.29) is 18.2 Å². The number of hydrogen-bond donors (Lipinski definition) is 3. The van der Waals surface area contributed by atoms with Crippen LogP contribution in [0.4, 0.5) is 4.39 Å². The molecule has 0 saturated carbocycles. The van der Waals surface area contributed by atoms with E-state index in [0.29, 0.717) is 25.0 Å². The Kier molecular flexibility index (Phi) is 12.2. The molecule has 0 aliphatic carbocycles. The van der Waals surface area contributed by atoms with E-state index in [1.807, 2.05) is 0 Å². The first kappa shape index (κ1) is 24.5. The zero-order chi connectivity index (χ0) is 21.5. The number of aliphatic hydroxyl groups is 3. The number of allylic oxidation sites excluding steroid dienone is 6. The van der Waals surface area contributed by atoms with E-state index in [4.69, 9.17) is 4.74 Å². The van der Waals surface area contributed by atoms with E-state index in [2.05, 4.69) is 0 Å². The molecule has 0 bridgehead atoms. The van der Waals surface area contributed by atoms with Gasteiger partial charge >= 0.3 is 0 Å². The van der Waals surface area contributed by atoms with Gasteiger partial charge in [-0.1, -0.05) is 48.6 Å². The Labute approximate surface area is 171 Å². The molecule has 6 heteroatoms. The molecule has 1 aromatic rings. The summed E-state index contributed by atoms with van der Waals surface area (Å²) in [6.07, 6.45) is 11.9. The Morgan fingerprint density at radius 2 is 1.59 bits per heavy atom. The van der Waals surface area contributed by atoms with Gasteiger partial charge in [-0.15, -0.1) is 0 Å². The predicted molar refractivity (Wildman–Crippen MR) is 111 cm³/mol. The molecule has 0 heterocycles. The fourth-order valence-electron chi connectivity index (χ4n) is 2.25. The number of benzene rings is 1. The summed E-state index contributed by atoms with van der Waals surface area (Å²) in [4.78, 5) is 10.8. The molecule has 0 spiro atoms. The number of aliphatic hydroxyl groups excluding tert-OH is 3. The number of rotatable bonds is 13. The number of Topliss-reactive ketones (excluding diaryl/α,β-unsaturated/α-hetero) is 1. The van der Waals surface area contributed by atoms with Crippen molar-refractivity contribution < 1.29 is 29.2 Å². The van der Waals surface area contributed by atoms with E-state index < -0.39 is 18.3 Å². The number of halogens is 1. The van der Waals surface area contributed by atoms with Gasteiger partial charge < -0.3 is 24.9 Å². The highest BCUT2D eigenvalue weighted by atomic mass is 19.1. The first-order valence-corrected chi connectivity index (χ1v) is 9.49. The number of hydrogen-bond acceptors (Lipinski definition) is 5. The van der Waals surface area contributed by atoms with Crippen molar-refractivity contribution in [3.8, 4) is 5.75 Å². The quantitative estimate of drug-likeness (QED) is 0.439. The molecule has 3 unspecified atom stereocenters. The van der Waals surface area contributed by atoms with Crippen LogP contribution in [-0.4, -0.2) is 46.0 Å². The van der Waals surface area contributed by atoms with Crippen LogP contribution < -0.4 is 4.74 Å². The molecule has 0 aliphatic heterocycles. The Hall–Kier alpha value is -2.54. The standard InChI is InChI=1S/C23H29FO5/c1-18(25)9-8-12-23(28)22(27)11-7-5-3-2-4-6-10-20(26)17-29-21-15-13-19(24)14-16-21/h2-7,10-11,13-16,20,22-23,26-28H,8-9,12,17H2,1H3/b4-2+,5-3+,10-6+,11-7+. The van der Waals surface area contributed by atoms with Crippen LogP contribution in [0.2, 0.25) is 0 Å². The number of carbonyl (C=O) groups excluding carboxylic acids is 1. The second-order valence-corrected chi connectivity index (χ2v) is 6.52. The zero-order valence-electron chi connectivity index (χ0n) is 16.5. The molecule has 158 valence electrons. The van der Waals surface area contributed by atoms with Gasteiger partial charge in [0.05, 0.1) is 12.2 Å². The number of ketones is 1. The van der Waals surface area contributed by atoms with Gasteiger partial charge in [-0.3, -0.25) is 0 Å². The van der Waals surface area contributed by atoms with Crippen LogP contribution >= 0.6 is 0 Å². The molecule has 1 rings (SSSR count). The molecule has 0 amide bonds. The van der Waals surface area contributed by atoms with Crippen LogP contribution in [0, 0.1) is 5.82 Å². The molecular formula is C23H29FO5. The average molecular weight is 404 g/mol. The number of ether oxygens (including phenoxy) is 1. The summed E-state index contributed by atoms with van der Waals surface area (Å²) in [6.45, 7) is 1.56. The molecule has 0 aromatic heterocycles. The SMILES string of the molecule is CC(=O)CCCC(O)C(O)/C=C/C=C/C=C/C=C/C(O)COc1ccc(F)cc1. The van der Waals surface area contributed by atoms with Crippen LogP contribution in [-0.2, 0) is 4.79 Å². The summed E-state index contributed by atoms with van der Waals surface area (Å²) >= 11 is 0. The Morgan fingerprint density at radius 3 is 2.21 bits per heavy atom. The minimum absolute atomic E-state index is 0.0567. The molecule has 5 nitrogen and oxygen atoms in total. The van der Waals surface area contributed by atoms with E-state index in [1.54, 1.807) is 42.5 Å². The largest absolute Gasteiger partial charge is 0.491 e. The molecule has 1 aromatic carbocycles. The predicted octanol–water partition coefficient (Wildman–Crippen LogP) is 3.27. The summed E-state index contributed by atoms with van der Waals surface area (Å²) in [6, 6.07) is 5.56. The third-order valence-corrected chi connectivity index (χ3v) is 3.85. The van der Waals surface area contributed by atoms with Gasteiger partial charge in [-0.25, -0.2) is 4.39 Å². The highest BCUT2D eigenvalue weighted by Gasteiger charge is 2.12. The third-order valence-electron chi connectivity index (χ3n) is 3.85. The smallest absolute Gasteiger partial charge is 0.129 e. The van der Waals surface area contributed by atoms with Crippen molar-refractivity contribution in [3.05, 3.63) is 78.7 Å². The van der Waals surface area contributed by atoms with Gasteiger partial charge in [0.25, 0.3) is 0 Å². The summed E-state index contributed by atoms with van der Waals surface area (Å²) in [5, 5.41) is 29.4. The molecule has 29 heavy (non-hydrogen) atoms. The minimum Gasteiger partial charge on any atom is -0.491 e. The first-order chi connectivity index (χ1) is 13.9. The van der Waals surface area contributed by atoms with Crippen LogP contribution in [0.25, 0.3) is 0 Å². The first-order valence-electron chi connectivity index (χ1n) is 9.49. The van der Waals surface area contributed by atoms with Gasteiger partial charge in [0.15, 0.2) is 0 Å². The zero-order valence-corrected chi connectivity index (χ0v) is 16.5. The third kappa shape index (κ3) is 12.5. The maximum Gasteiger partial charge on any atom is 0.129 e. The lowest BCUT2D eigenvalue weighted by atomic mass is 10.1. The van der Waals surface area contributed by atoms with Gasteiger partial charge in [0, 0.05) is 6.42 Å². The fourth-order valence-corrected chi connectivity index (χ4v) is 2.25. The lowest BCUT2D eigenvalue weighted by Crippen LogP contribution is -2.23. The van der Waals surface area contributed by atoms with Crippen molar-refractivity contribution in [2.24, 2.45) is 0 Å². The summed E-state index contributed by atoms with van der Waals surface area (Å²) in [5.74, 6) is 0.204. The van der Waals surface area contributed by atoms with Gasteiger partial charge in [-0.05, 0) is 44.0 Å². The van der Waals surface area contributed by atoms with E-state index >= 15 is 0 Å². The van der Waals surface area contributed by atoms with Crippen molar-refractivity contribution in [1.82, 2.24) is 0 Å². The Bertz CT molecular complexity index is 706. The normalized spacial score (nSPS) is 15.5. The minimum atomic E-state index is -0.980. The summed E-state index contributed by atoms with van der Waals surface area (Å²) in [7, 11) is 0. The Balaban J connectivity index is 2.24. The second kappa shape index (κ2) is 14.5. The fraction of sp³-hybridized carbons (Fsp3) is 0.348. The topological polar surface area (TPSA) is 87.0 Å². The lowest BCUT2D eigenvalue weighted by molar-refractivity contribution is -0.117. The molecule has 0 radical (unpaired) electrons. The molecular weight excluding hydrogens is 375 g/mol. The van der Waals surface area contributed by atoms with E-state index in [0.717, 1.165) is 0 Å². The lowest BCUT2D eigenvalue weighted by Gasteiger charge is -2.13. The summed E-state index contributed by atoms with van der Waals surface area (Å²) in [5.41, 5.74) is 0. The van der Waals surface area contributed by atoms with Crippen LogP contribution in [0.5, 0.6) is 5.75 Å². The molecule has 0 fully saturated rings. The van der Waals surface area contributed by atoms with Crippen molar-refractivity contribution in [3.63, 3.8) is 0 Å². The van der Waals surface area contributed by atoms with Crippen molar-refractivity contribution in [1.29, 1.82) is 0 Å². The highest BCUT2D eigenvalue weighted by Crippen LogP contribution is 2.11. The van der Waals surface area contributed by atoms with Crippen molar-refractivity contribution in [2.45, 2.75) is 44.5 Å².